The van der Waals surface area contributed by atoms with Crippen LogP contribution in [0.25, 0.3) is 10.8 Å². The number of aliphatic hydroxyl groups is 1. The Morgan fingerprint density at radius 1 is 1.15 bits per heavy atom. The third-order valence-electron chi connectivity index (χ3n) is 4.45. The number of aliphatic hydroxyl groups excluding tert-OH is 1. The Balaban J connectivity index is 1.79. The summed E-state index contributed by atoms with van der Waals surface area (Å²) in [4.78, 5) is 0. The first-order valence-electron chi connectivity index (χ1n) is 7.38. The summed E-state index contributed by atoms with van der Waals surface area (Å²) in [7, 11) is 0. The number of rotatable bonds is 4. The fourth-order valence-corrected chi connectivity index (χ4v) is 3.12. The Morgan fingerprint density at radius 3 is 2.75 bits per heavy atom. The van der Waals surface area contributed by atoms with E-state index in [4.69, 9.17) is 0 Å². The highest BCUT2D eigenvalue weighted by atomic mass is 16.3. The van der Waals surface area contributed by atoms with E-state index >= 15 is 0 Å². The van der Waals surface area contributed by atoms with Crippen LogP contribution in [0, 0.1) is 5.41 Å². The molecule has 1 saturated carbocycles. The van der Waals surface area contributed by atoms with Gasteiger partial charge in [-0.1, -0.05) is 43.5 Å². The molecule has 4 heteroatoms. The van der Waals surface area contributed by atoms with Crippen LogP contribution in [-0.4, -0.2) is 28.5 Å². The topological polar surface area (TPSA) is 58.0 Å². The molecule has 20 heavy (non-hydrogen) atoms. The number of nitrogens with zero attached hydrogens (tertiary/aromatic N) is 2. The van der Waals surface area contributed by atoms with Gasteiger partial charge in [-0.2, -0.15) is 5.10 Å². The van der Waals surface area contributed by atoms with Crippen LogP contribution in [0.5, 0.6) is 0 Å². The molecular weight excluding hydrogens is 250 g/mol. The Labute approximate surface area is 119 Å². The smallest absolute Gasteiger partial charge is 0.156 e. The van der Waals surface area contributed by atoms with Crippen LogP contribution < -0.4 is 5.32 Å². The minimum absolute atomic E-state index is 0.0108. The first kappa shape index (κ1) is 13.3. The number of benzene rings is 1. The molecule has 106 valence electrons. The standard InChI is InChI=1S/C16H21N3O/c20-12-16(8-4-1-5-9-16)11-17-15-14-7-3-2-6-13(14)10-18-19-15/h2-3,6-7,10,20H,1,4-5,8-9,11-12H2,(H,17,19). The molecule has 2 N–H and O–H groups in total. The van der Waals surface area contributed by atoms with Gasteiger partial charge in [0.2, 0.25) is 0 Å². The van der Waals surface area contributed by atoms with Gasteiger partial charge >= 0.3 is 0 Å². The monoisotopic (exact) mass is 271 g/mol. The van der Waals surface area contributed by atoms with E-state index in [9.17, 15) is 5.11 Å². The Bertz CT molecular complexity index is 573. The molecule has 0 saturated heterocycles. The zero-order chi connectivity index (χ0) is 13.8. The molecule has 0 atom stereocenters. The average Bonchev–Trinajstić information content (AvgIpc) is 2.54. The highest BCUT2D eigenvalue weighted by Crippen LogP contribution is 2.36. The van der Waals surface area contributed by atoms with Crippen molar-refractivity contribution < 1.29 is 5.11 Å². The Kier molecular flexibility index (Phi) is 3.83. The van der Waals surface area contributed by atoms with E-state index in [-0.39, 0.29) is 12.0 Å². The largest absolute Gasteiger partial charge is 0.396 e. The molecule has 1 aromatic heterocycles. The molecule has 0 spiro atoms. The quantitative estimate of drug-likeness (QED) is 0.897. The molecule has 0 radical (unpaired) electrons. The zero-order valence-electron chi connectivity index (χ0n) is 11.7. The first-order chi connectivity index (χ1) is 9.83. The molecule has 1 aliphatic rings. The summed E-state index contributed by atoms with van der Waals surface area (Å²) in [6, 6.07) is 8.11. The zero-order valence-corrected chi connectivity index (χ0v) is 11.7. The van der Waals surface area contributed by atoms with Gasteiger partial charge in [-0.05, 0) is 12.8 Å². The fraction of sp³-hybridized carbons (Fsp3) is 0.500. The third kappa shape index (κ3) is 2.61. The lowest BCUT2D eigenvalue weighted by molar-refractivity contribution is 0.0943. The number of nitrogens with one attached hydrogen (secondary N) is 1. The van der Waals surface area contributed by atoms with E-state index in [0.717, 1.165) is 36.0 Å². The number of hydrogen-bond acceptors (Lipinski definition) is 4. The van der Waals surface area contributed by atoms with Gasteiger partial charge in [0.05, 0.1) is 12.8 Å². The molecule has 0 bridgehead atoms. The lowest BCUT2D eigenvalue weighted by atomic mass is 9.74. The van der Waals surface area contributed by atoms with E-state index in [2.05, 4.69) is 21.6 Å². The molecule has 1 aromatic carbocycles. The van der Waals surface area contributed by atoms with Gasteiger partial charge in [0.1, 0.15) is 0 Å². The van der Waals surface area contributed by atoms with Crippen LogP contribution in [0.1, 0.15) is 32.1 Å². The van der Waals surface area contributed by atoms with E-state index in [0.29, 0.717) is 0 Å². The summed E-state index contributed by atoms with van der Waals surface area (Å²) in [5.74, 6) is 0.821. The molecule has 0 aliphatic heterocycles. The first-order valence-corrected chi connectivity index (χ1v) is 7.38. The van der Waals surface area contributed by atoms with Crippen molar-refractivity contribution in [3.63, 3.8) is 0 Å². The molecule has 1 aliphatic carbocycles. The van der Waals surface area contributed by atoms with Crippen LogP contribution in [0.2, 0.25) is 0 Å². The van der Waals surface area contributed by atoms with Crippen molar-refractivity contribution in [2.45, 2.75) is 32.1 Å². The Morgan fingerprint density at radius 2 is 1.95 bits per heavy atom. The van der Waals surface area contributed by atoms with Crippen molar-refractivity contribution in [2.75, 3.05) is 18.5 Å². The normalized spacial score (nSPS) is 18.1. The van der Waals surface area contributed by atoms with Crippen LogP contribution in [0.4, 0.5) is 5.82 Å². The van der Waals surface area contributed by atoms with Gasteiger partial charge in [-0.25, -0.2) is 0 Å². The van der Waals surface area contributed by atoms with Gasteiger partial charge < -0.3 is 10.4 Å². The van der Waals surface area contributed by atoms with Crippen molar-refractivity contribution in [3.05, 3.63) is 30.5 Å². The van der Waals surface area contributed by atoms with E-state index in [1.165, 1.54) is 19.3 Å². The number of anilines is 1. The second kappa shape index (κ2) is 5.75. The number of aromatic nitrogens is 2. The highest BCUT2D eigenvalue weighted by molar-refractivity contribution is 5.90. The van der Waals surface area contributed by atoms with Crippen molar-refractivity contribution in [3.8, 4) is 0 Å². The van der Waals surface area contributed by atoms with Crippen molar-refractivity contribution in [1.82, 2.24) is 10.2 Å². The van der Waals surface area contributed by atoms with Crippen molar-refractivity contribution in [2.24, 2.45) is 5.41 Å². The molecule has 1 fully saturated rings. The summed E-state index contributed by atoms with van der Waals surface area (Å²) >= 11 is 0. The summed E-state index contributed by atoms with van der Waals surface area (Å²) in [6.07, 6.45) is 7.68. The van der Waals surface area contributed by atoms with Crippen molar-refractivity contribution in [1.29, 1.82) is 0 Å². The van der Waals surface area contributed by atoms with Gasteiger partial charge in [0, 0.05) is 22.7 Å². The van der Waals surface area contributed by atoms with E-state index in [1.807, 2.05) is 18.2 Å². The summed E-state index contributed by atoms with van der Waals surface area (Å²) in [5.41, 5.74) is 0.0108. The predicted molar refractivity (Wildman–Crippen MR) is 80.6 cm³/mol. The lowest BCUT2D eigenvalue weighted by Crippen LogP contribution is -2.35. The maximum absolute atomic E-state index is 9.76. The van der Waals surface area contributed by atoms with E-state index in [1.54, 1.807) is 6.20 Å². The predicted octanol–water partition coefficient (Wildman–Crippen LogP) is 2.98. The molecular formula is C16H21N3O. The maximum atomic E-state index is 9.76. The van der Waals surface area contributed by atoms with Gasteiger partial charge in [0.15, 0.2) is 5.82 Å². The van der Waals surface area contributed by atoms with Crippen LogP contribution in [-0.2, 0) is 0 Å². The molecule has 4 nitrogen and oxygen atoms in total. The highest BCUT2D eigenvalue weighted by Gasteiger charge is 2.31. The van der Waals surface area contributed by atoms with Crippen LogP contribution in [0.15, 0.2) is 30.5 Å². The minimum Gasteiger partial charge on any atom is -0.396 e. The van der Waals surface area contributed by atoms with E-state index < -0.39 is 0 Å². The molecule has 1 heterocycles. The number of fused-ring (bicyclic) bond motifs is 1. The van der Waals surface area contributed by atoms with Gasteiger partial charge in [-0.15, -0.1) is 5.10 Å². The second-order valence-corrected chi connectivity index (χ2v) is 5.85. The average molecular weight is 271 g/mol. The van der Waals surface area contributed by atoms with Crippen molar-refractivity contribution >= 4 is 16.6 Å². The molecule has 0 unspecified atom stereocenters. The second-order valence-electron chi connectivity index (χ2n) is 5.85. The van der Waals surface area contributed by atoms with Crippen LogP contribution >= 0.6 is 0 Å². The van der Waals surface area contributed by atoms with Gasteiger partial charge in [0.25, 0.3) is 0 Å². The molecule has 3 rings (SSSR count). The number of hydrogen-bond donors (Lipinski definition) is 2. The maximum Gasteiger partial charge on any atom is 0.156 e. The SMILES string of the molecule is OCC1(CNc2nncc3ccccc23)CCCCC1. The van der Waals surface area contributed by atoms with Gasteiger partial charge in [-0.3, -0.25) is 0 Å². The lowest BCUT2D eigenvalue weighted by Gasteiger charge is -2.35. The summed E-state index contributed by atoms with van der Waals surface area (Å²) in [5, 5.41) is 23.6. The van der Waals surface area contributed by atoms with Crippen LogP contribution in [0.3, 0.4) is 0 Å². The molecule has 0 amide bonds. The third-order valence-corrected chi connectivity index (χ3v) is 4.45. The summed E-state index contributed by atoms with van der Waals surface area (Å²) in [6.45, 7) is 1.02. The fourth-order valence-electron chi connectivity index (χ4n) is 3.12. The minimum atomic E-state index is 0.0108. The Hall–Kier alpha value is -1.68. The molecule has 2 aromatic rings. The summed E-state index contributed by atoms with van der Waals surface area (Å²) < 4.78 is 0.